The molecule has 3 atom stereocenters. The molecule has 1 saturated heterocycles. The summed E-state index contributed by atoms with van der Waals surface area (Å²) in [5.41, 5.74) is 0.581. The highest BCUT2D eigenvalue weighted by atomic mass is 16.5. The molecule has 0 spiro atoms. The minimum absolute atomic E-state index is 0.0902. The van der Waals surface area contributed by atoms with Crippen LogP contribution in [-0.2, 0) is 14.3 Å². The highest BCUT2D eigenvalue weighted by molar-refractivity contribution is 5.85. The first-order valence-electron chi connectivity index (χ1n) is 9.38. The van der Waals surface area contributed by atoms with Crippen LogP contribution >= 0.6 is 0 Å². The number of ether oxygens (including phenoxy) is 1. The van der Waals surface area contributed by atoms with Gasteiger partial charge in [0.05, 0.1) is 17.9 Å². The van der Waals surface area contributed by atoms with Gasteiger partial charge in [0.15, 0.2) is 0 Å². The summed E-state index contributed by atoms with van der Waals surface area (Å²) in [7, 11) is 0. The van der Waals surface area contributed by atoms with E-state index < -0.39 is 5.92 Å². The van der Waals surface area contributed by atoms with Gasteiger partial charge in [0.25, 0.3) is 0 Å². The minimum Gasteiger partial charge on any atom is -0.465 e. The maximum absolute atomic E-state index is 13.0. The second-order valence-corrected chi connectivity index (χ2v) is 7.16. The Kier molecular flexibility index (Phi) is 5.74. The number of nitrogens with one attached hydrogen (secondary N) is 2. The number of carbonyl (C=O) groups excluding carboxylic acids is 2. The number of esters is 1. The zero-order chi connectivity index (χ0) is 17.7. The average Bonchev–Trinajstić information content (AvgIpc) is 3.08. The second-order valence-electron chi connectivity index (χ2n) is 7.16. The SMILES string of the molecule is CCOC(=O)C(CNC(=O)[C@@]12CCCC[C@H]1CNC2)c1ccccc1. The smallest absolute Gasteiger partial charge is 0.315 e. The van der Waals surface area contributed by atoms with E-state index in [1.54, 1.807) is 6.92 Å². The van der Waals surface area contributed by atoms with Crippen molar-refractivity contribution in [2.75, 3.05) is 26.2 Å². The molecule has 1 aromatic rings. The first-order chi connectivity index (χ1) is 12.2. The Morgan fingerprint density at radius 3 is 2.88 bits per heavy atom. The molecule has 1 unspecified atom stereocenters. The molecule has 0 bridgehead atoms. The summed E-state index contributed by atoms with van der Waals surface area (Å²) in [6.07, 6.45) is 4.36. The Bertz CT molecular complexity index is 604. The van der Waals surface area contributed by atoms with Gasteiger partial charge in [-0.3, -0.25) is 9.59 Å². The molecule has 1 aliphatic carbocycles. The molecule has 0 aromatic heterocycles. The first kappa shape index (κ1) is 17.9. The highest BCUT2D eigenvalue weighted by Crippen LogP contribution is 2.43. The summed E-state index contributed by atoms with van der Waals surface area (Å²) in [4.78, 5) is 25.4. The van der Waals surface area contributed by atoms with Crippen LogP contribution in [0.5, 0.6) is 0 Å². The van der Waals surface area contributed by atoms with Gasteiger partial charge >= 0.3 is 5.97 Å². The molecule has 5 nitrogen and oxygen atoms in total. The number of hydrogen-bond acceptors (Lipinski definition) is 4. The van der Waals surface area contributed by atoms with Crippen molar-refractivity contribution in [2.24, 2.45) is 11.3 Å². The van der Waals surface area contributed by atoms with Crippen LogP contribution in [0.1, 0.15) is 44.1 Å². The Hall–Kier alpha value is -1.88. The lowest BCUT2D eigenvalue weighted by atomic mass is 9.67. The van der Waals surface area contributed by atoms with Gasteiger partial charge < -0.3 is 15.4 Å². The summed E-state index contributed by atoms with van der Waals surface area (Å²) in [5.74, 6) is -0.236. The molecule has 0 radical (unpaired) electrons. The van der Waals surface area contributed by atoms with Crippen molar-refractivity contribution in [1.82, 2.24) is 10.6 Å². The fourth-order valence-electron chi connectivity index (χ4n) is 4.33. The van der Waals surface area contributed by atoms with Crippen LogP contribution in [-0.4, -0.2) is 38.1 Å². The van der Waals surface area contributed by atoms with E-state index in [1.807, 2.05) is 30.3 Å². The third-order valence-corrected chi connectivity index (χ3v) is 5.73. The maximum Gasteiger partial charge on any atom is 0.315 e. The molecule has 1 aromatic carbocycles. The number of carbonyl (C=O) groups is 2. The fourth-order valence-corrected chi connectivity index (χ4v) is 4.33. The standard InChI is InChI=1S/C20H28N2O3/c1-2-25-18(23)17(15-8-4-3-5-9-15)13-22-19(24)20-11-7-6-10-16(20)12-21-14-20/h3-5,8-9,16-17,21H,2,6-7,10-14H2,1H3,(H,22,24)/t16-,17?,20+/m0/s1. The molecule has 1 saturated carbocycles. The first-order valence-corrected chi connectivity index (χ1v) is 9.38. The summed E-state index contributed by atoms with van der Waals surface area (Å²) in [6.45, 7) is 4.10. The Morgan fingerprint density at radius 2 is 2.12 bits per heavy atom. The van der Waals surface area contributed by atoms with Gasteiger partial charge in [-0.15, -0.1) is 0 Å². The molecule has 3 rings (SSSR count). The van der Waals surface area contributed by atoms with Crippen LogP contribution in [0.4, 0.5) is 0 Å². The normalized spacial score (nSPS) is 26.5. The zero-order valence-electron chi connectivity index (χ0n) is 14.9. The van der Waals surface area contributed by atoms with E-state index in [1.165, 1.54) is 6.42 Å². The topological polar surface area (TPSA) is 67.4 Å². The summed E-state index contributed by atoms with van der Waals surface area (Å²) in [5, 5.41) is 6.47. The summed E-state index contributed by atoms with van der Waals surface area (Å²) >= 11 is 0. The van der Waals surface area contributed by atoms with Crippen molar-refractivity contribution in [3.05, 3.63) is 35.9 Å². The van der Waals surface area contributed by atoms with E-state index in [4.69, 9.17) is 4.74 Å². The van der Waals surface area contributed by atoms with Gasteiger partial charge in [-0.2, -0.15) is 0 Å². The predicted octanol–water partition coefficient (Wildman–Crippen LogP) is 2.23. The summed E-state index contributed by atoms with van der Waals surface area (Å²) < 4.78 is 5.22. The molecule has 2 aliphatic rings. The lowest BCUT2D eigenvalue weighted by Gasteiger charge is -2.37. The van der Waals surface area contributed by atoms with E-state index >= 15 is 0 Å². The van der Waals surface area contributed by atoms with Crippen LogP contribution in [0.25, 0.3) is 0 Å². The van der Waals surface area contributed by atoms with Crippen molar-refractivity contribution >= 4 is 11.9 Å². The lowest BCUT2D eigenvalue weighted by molar-refractivity contribution is -0.145. The molecule has 1 amide bonds. The molecule has 25 heavy (non-hydrogen) atoms. The molecule has 2 fully saturated rings. The highest BCUT2D eigenvalue weighted by Gasteiger charge is 2.49. The van der Waals surface area contributed by atoms with E-state index in [0.29, 0.717) is 12.5 Å². The van der Waals surface area contributed by atoms with E-state index in [9.17, 15) is 9.59 Å². The van der Waals surface area contributed by atoms with Crippen molar-refractivity contribution in [3.63, 3.8) is 0 Å². The predicted molar refractivity (Wildman–Crippen MR) is 96.1 cm³/mol. The van der Waals surface area contributed by atoms with Gasteiger partial charge in [0, 0.05) is 13.1 Å². The molecular weight excluding hydrogens is 316 g/mol. The third kappa shape index (κ3) is 3.71. The van der Waals surface area contributed by atoms with Gasteiger partial charge in [-0.05, 0) is 37.8 Å². The quantitative estimate of drug-likeness (QED) is 0.777. The van der Waals surface area contributed by atoms with E-state index in [2.05, 4.69) is 10.6 Å². The molecular formula is C20H28N2O3. The Labute approximate surface area is 149 Å². The van der Waals surface area contributed by atoms with Crippen LogP contribution in [0.3, 0.4) is 0 Å². The second kappa shape index (κ2) is 8.00. The van der Waals surface area contributed by atoms with Crippen molar-refractivity contribution < 1.29 is 14.3 Å². The number of amides is 1. The van der Waals surface area contributed by atoms with E-state index in [0.717, 1.165) is 37.9 Å². The number of fused-ring (bicyclic) bond motifs is 1. The fraction of sp³-hybridized carbons (Fsp3) is 0.600. The lowest BCUT2D eigenvalue weighted by Crippen LogP contribution is -2.49. The number of benzene rings is 1. The maximum atomic E-state index is 13.0. The number of rotatable bonds is 6. The van der Waals surface area contributed by atoms with Crippen molar-refractivity contribution in [3.8, 4) is 0 Å². The number of hydrogen-bond donors (Lipinski definition) is 2. The van der Waals surface area contributed by atoms with Gasteiger partial charge in [-0.1, -0.05) is 43.2 Å². The van der Waals surface area contributed by atoms with Crippen molar-refractivity contribution in [1.29, 1.82) is 0 Å². The molecule has 2 N–H and O–H groups in total. The van der Waals surface area contributed by atoms with Gasteiger partial charge in [0.1, 0.15) is 0 Å². The van der Waals surface area contributed by atoms with Crippen LogP contribution in [0, 0.1) is 11.3 Å². The Morgan fingerprint density at radius 1 is 1.32 bits per heavy atom. The molecule has 136 valence electrons. The van der Waals surface area contributed by atoms with Crippen molar-refractivity contribution in [2.45, 2.75) is 38.5 Å². The van der Waals surface area contributed by atoms with Crippen LogP contribution < -0.4 is 10.6 Å². The molecule has 5 heteroatoms. The monoisotopic (exact) mass is 344 g/mol. The molecule has 1 heterocycles. The van der Waals surface area contributed by atoms with Gasteiger partial charge in [0.2, 0.25) is 5.91 Å². The van der Waals surface area contributed by atoms with Gasteiger partial charge in [-0.25, -0.2) is 0 Å². The average molecular weight is 344 g/mol. The van der Waals surface area contributed by atoms with Crippen LogP contribution in [0.15, 0.2) is 30.3 Å². The zero-order valence-corrected chi connectivity index (χ0v) is 14.9. The Balaban J connectivity index is 1.70. The largest absolute Gasteiger partial charge is 0.465 e. The minimum atomic E-state index is -0.460. The third-order valence-electron chi connectivity index (χ3n) is 5.73. The van der Waals surface area contributed by atoms with Crippen LogP contribution in [0.2, 0.25) is 0 Å². The molecule has 1 aliphatic heterocycles. The van der Waals surface area contributed by atoms with E-state index in [-0.39, 0.29) is 23.8 Å². The summed E-state index contributed by atoms with van der Waals surface area (Å²) in [6, 6.07) is 9.54.